The molecule has 1 unspecified atom stereocenters. The van der Waals surface area contributed by atoms with Gasteiger partial charge in [-0.05, 0) is 30.0 Å². The van der Waals surface area contributed by atoms with Crippen LogP contribution in [-0.2, 0) is 4.74 Å². The lowest BCUT2D eigenvalue weighted by Crippen LogP contribution is -2.25. The van der Waals surface area contributed by atoms with Crippen molar-refractivity contribution in [2.75, 3.05) is 19.8 Å². The molecule has 0 spiro atoms. The minimum Gasteiger partial charge on any atom is -0.494 e. The first-order valence-electron chi connectivity index (χ1n) is 7.19. The smallest absolute Gasteiger partial charge is 0.119 e. The topological polar surface area (TPSA) is 44.5 Å². The van der Waals surface area contributed by atoms with E-state index in [4.69, 9.17) is 15.2 Å². The molecule has 1 rings (SSSR count). The second kappa shape index (κ2) is 8.94. The van der Waals surface area contributed by atoms with Crippen molar-refractivity contribution in [1.29, 1.82) is 0 Å². The van der Waals surface area contributed by atoms with E-state index in [1.54, 1.807) is 0 Å². The van der Waals surface area contributed by atoms with E-state index < -0.39 is 0 Å². The van der Waals surface area contributed by atoms with Crippen LogP contribution in [0.3, 0.4) is 0 Å². The Balaban J connectivity index is 2.12. The number of hydrogen-bond donors (Lipinski definition) is 1. The minimum absolute atomic E-state index is 0.157. The third-order valence-corrected chi connectivity index (χ3v) is 3.10. The van der Waals surface area contributed by atoms with Gasteiger partial charge in [0, 0.05) is 19.1 Å². The van der Waals surface area contributed by atoms with E-state index >= 15 is 0 Å². The molecule has 0 saturated heterocycles. The molecule has 0 radical (unpaired) electrons. The Morgan fingerprint density at radius 3 is 2.37 bits per heavy atom. The molecular weight excluding hydrogens is 238 g/mol. The van der Waals surface area contributed by atoms with Crippen molar-refractivity contribution in [3.05, 3.63) is 29.8 Å². The molecule has 0 fully saturated rings. The van der Waals surface area contributed by atoms with Crippen molar-refractivity contribution in [1.82, 2.24) is 0 Å². The maximum Gasteiger partial charge on any atom is 0.119 e. The van der Waals surface area contributed by atoms with Gasteiger partial charge in [0.05, 0.1) is 13.2 Å². The van der Waals surface area contributed by atoms with Crippen LogP contribution in [0.2, 0.25) is 0 Å². The molecule has 0 aromatic heterocycles. The largest absolute Gasteiger partial charge is 0.494 e. The van der Waals surface area contributed by atoms with Crippen molar-refractivity contribution in [3.63, 3.8) is 0 Å². The van der Waals surface area contributed by atoms with Crippen LogP contribution in [0.25, 0.3) is 0 Å². The van der Waals surface area contributed by atoms with Gasteiger partial charge in [-0.1, -0.05) is 32.9 Å². The second-order valence-corrected chi connectivity index (χ2v) is 5.17. The molecule has 0 aliphatic rings. The fourth-order valence-electron chi connectivity index (χ4n) is 1.65. The van der Waals surface area contributed by atoms with Gasteiger partial charge in [0.25, 0.3) is 0 Å². The predicted molar refractivity (Wildman–Crippen MR) is 79.7 cm³/mol. The Labute approximate surface area is 117 Å². The summed E-state index contributed by atoms with van der Waals surface area (Å²) in [5.41, 5.74) is 7.10. The SMILES string of the molecule is CCC(N)COCCCOc1ccc(C(C)C)cc1. The highest BCUT2D eigenvalue weighted by molar-refractivity contribution is 5.28. The molecule has 19 heavy (non-hydrogen) atoms. The van der Waals surface area contributed by atoms with Gasteiger partial charge in [-0.3, -0.25) is 0 Å². The van der Waals surface area contributed by atoms with Gasteiger partial charge in [0.15, 0.2) is 0 Å². The highest BCUT2D eigenvalue weighted by Gasteiger charge is 2.00. The van der Waals surface area contributed by atoms with Crippen LogP contribution in [0, 0.1) is 0 Å². The lowest BCUT2D eigenvalue weighted by atomic mass is 10.0. The van der Waals surface area contributed by atoms with Gasteiger partial charge in [-0.25, -0.2) is 0 Å². The number of hydrogen-bond acceptors (Lipinski definition) is 3. The van der Waals surface area contributed by atoms with Gasteiger partial charge >= 0.3 is 0 Å². The molecule has 2 N–H and O–H groups in total. The molecule has 0 aliphatic carbocycles. The summed E-state index contributed by atoms with van der Waals surface area (Å²) >= 11 is 0. The van der Waals surface area contributed by atoms with Crippen LogP contribution in [0.1, 0.15) is 45.1 Å². The summed E-state index contributed by atoms with van der Waals surface area (Å²) in [5, 5.41) is 0. The Kier molecular flexibility index (Phi) is 7.53. The number of rotatable bonds is 9. The molecule has 3 nitrogen and oxygen atoms in total. The van der Waals surface area contributed by atoms with E-state index in [1.165, 1.54) is 5.56 Å². The minimum atomic E-state index is 0.157. The third-order valence-electron chi connectivity index (χ3n) is 3.10. The molecular formula is C16H27NO2. The average Bonchev–Trinajstić information content (AvgIpc) is 2.42. The third kappa shape index (κ3) is 6.60. The van der Waals surface area contributed by atoms with Gasteiger partial charge in [-0.2, -0.15) is 0 Å². The van der Waals surface area contributed by atoms with Gasteiger partial charge in [0.2, 0.25) is 0 Å². The van der Waals surface area contributed by atoms with Gasteiger partial charge in [0.1, 0.15) is 5.75 Å². The molecule has 3 heteroatoms. The summed E-state index contributed by atoms with van der Waals surface area (Å²) in [6.07, 6.45) is 1.85. The zero-order chi connectivity index (χ0) is 14.1. The van der Waals surface area contributed by atoms with Crippen molar-refractivity contribution in [2.45, 2.75) is 45.6 Å². The van der Waals surface area contributed by atoms with Gasteiger partial charge in [-0.15, -0.1) is 0 Å². The average molecular weight is 265 g/mol. The normalized spacial score (nSPS) is 12.7. The fourth-order valence-corrected chi connectivity index (χ4v) is 1.65. The monoisotopic (exact) mass is 265 g/mol. The Morgan fingerprint density at radius 2 is 1.79 bits per heavy atom. The summed E-state index contributed by atoms with van der Waals surface area (Å²) in [7, 11) is 0. The molecule has 1 aromatic carbocycles. The van der Waals surface area contributed by atoms with Crippen molar-refractivity contribution in [2.24, 2.45) is 5.73 Å². The van der Waals surface area contributed by atoms with Gasteiger partial charge < -0.3 is 15.2 Å². The van der Waals surface area contributed by atoms with E-state index in [9.17, 15) is 0 Å². The molecule has 0 heterocycles. The quantitative estimate of drug-likeness (QED) is 0.696. The van der Waals surface area contributed by atoms with Crippen LogP contribution >= 0.6 is 0 Å². The van der Waals surface area contributed by atoms with Crippen LogP contribution in [0.5, 0.6) is 5.75 Å². The molecule has 0 aliphatic heterocycles. The van der Waals surface area contributed by atoms with E-state index in [1.807, 2.05) is 12.1 Å². The first-order chi connectivity index (χ1) is 9.13. The molecule has 1 atom stereocenters. The molecule has 108 valence electrons. The summed E-state index contributed by atoms with van der Waals surface area (Å²) in [6, 6.07) is 8.46. The van der Waals surface area contributed by atoms with E-state index in [2.05, 4.69) is 32.9 Å². The van der Waals surface area contributed by atoms with Crippen LogP contribution in [0.15, 0.2) is 24.3 Å². The van der Waals surface area contributed by atoms with Crippen LogP contribution < -0.4 is 10.5 Å². The highest BCUT2D eigenvalue weighted by atomic mass is 16.5. The number of ether oxygens (including phenoxy) is 2. The molecule has 0 amide bonds. The van der Waals surface area contributed by atoms with E-state index in [-0.39, 0.29) is 6.04 Å². The molecule has 0 bridgehead atoms. The maximum absolute atomic E-state index is 5.76. The molecule has 0 saturated carbocycles. The lowest BCUT2D eigenvalue weighted by molar-refractivity contribution is 0.107. The Hall–Kier alpha value is -1.06. The van der Waals surface area contributed by atoms with Crippen molar-refractivity contribution < 1.29 is 9.47 Å². The zero-order valence-electron chi connectivity index (χ0n) is 12.4. The maximum atomic E-state index is 5.76. The zero-order valence-corrected chi connectivity index (χ0v) is 12.4. The van der Waals surface area contributed by atoms with Crippen LogP contribution in [0.4, 0.5) is 0 Å². The fraction of sp³-hybridized carbons (Fsp3) is 0.625. The summed E-state index contributed by atoms with van der Waals surface area (Å²) in [4.78, 5) is 0. The summed E-state index contributed by atoms with van der Waals surface area (Å²) in [6.45, 7) is 8.47. The summed E-state index contributed by atoms with van der Waals surface area (Å²) in [5.74, 6) is 1.49. The molecule has 1 aromatic rings. The lowest BCUT2D eigenvalue weighted by Gasteiger charge is -2.11. The predicted octanol–water partition coefficient (Wildman–Crippen LogP) is 3.33. The first-order valence-corrected chi connectivity index (χ1v) is 7.19. The first kappa shape index (κ1) is 16.0. The Bertz CT molecular complexity index is 335. The number of nitrogens with two attached hydrogens (primary N) is 1. The standard InChI is InChI=1S/C16H27NO2/c1-4-15(17)12-18-10-5-11-19-16-8-6-14(7-9-16)13(2)3/h6-9,13,15H,4-5,10-12,17H2,1-3H3. The van der Waals surface area contributed by atoms with Crippen molar-refractivity contribution >= 4 is 0 Å². The highest BCUT2D eigenvalue weighted by Crippen LogP contribution is 2.18. The van der Waals surface area contributed by atoms with Crippen LogP contribution in [-0.4, -0.2) is 25.9 Å². The number of benzene rings is 1. The second-order valence-electron chi connectivity index (χ2n) is 5.17. The summed E-state index contributed by atoms with van der Waals surface area (Å²) < 4.78 is 11.1. The Morgan fingerprint density at radius 1 is 1.11 bits per heavy atom. The van der Waals surface area contributed by atoms with E-state index in [0.717, 1.165) is 18.6 Å². The van der Waals surface area contributed by atoms with Crippen molar-refractivity contribution in [3.8, 4) is 5.75 Å². The van der Waals surface area contributed by atoms with E-state index in [0.29, 0.717) is 25.7 Å².